The third-order valence-electron chi connectivity index (χ3n) is 3.78. The Bertz CT molecular complexity index is 432. The molecule has 0 spiro atoms. The Labute approximate surface area is 128 Å². The van der Waals surface area contributed by atoms with E-state index in [9.17, 15) is 4.79 Å². The molecule has 5 heteroatoms. The number of nitrogens with one attached hydrogen (secondary N) is 1. The van der Waals surface area contributed by atoms with E-state index in [0.717, 1.165) is 32.6 Å². The number of benzene rings is 1. The molecule has 1 amide bonds. The average molecular weight is 292 g/mol. The Morgan fingerprint density at radius 3 is 2.33 bits per heavy atom. The summed E-state index contributed by atoms with van der Waals surface area (Å²) in [4.78, 5) is 16.8. The van der Waals surface area contributed by atoms with Crippen LogP contribution in [0.15, 0.2) is 24.3 Å². The lowest BCUT2D eigenvalue weighted by Crippen LogP contribution is -2.35. The van der Waals surface area contributed by atoms with Crippen LogP contribution in [0.2, 0.25) is 0 Å². The fourth-order valence-electron chi connectivity index (χ4n) is 2.39. The largest absolute Gasteiger partial charge is 0.339 e. The zero-order chi connectivity index (χ0) is 15.7. The van der Waals surface area contributed by atoms with Crippen LogP contribution in [0.25, 0.3) is 0 Å². The van der Waals surface area contributed by atoms with Gasteiger partial charge in [0.25, 0.3) is 5.91 Å². The lowest BCUT2D eigenvalue weighted by molar-refractivity contribution is 0.0758. The van der Waals surface area contributed by atoms with Crippen molar-refractivity contribution in [2.75, 3.05) is 38.1 Å². The second kappa shape index (κ2) is 9.37. The van der Waals surface area contributed by atoms with Gasteiger partial charge in [0, 0.05) is 13.1 Å². The van der Waals surface area contributed by atoms with Crippen molar-refractivity contribution in [2.24, 2.45) is 5.84 Å². The van der Waals surface area contributed by atoms with Gasteiger partial charge in [-0.3, -0.25) is 10.6 Å². The van der Waals surface area contributed by atoms with Crippen LogP contribution in [0.4, 0.5) is 5.69 Å². The lowest BCUT2D eigenvalue weighted by Gasteiger charge is -2.24. The molecule has 0 heterocycles. The van der Waals surface area contributed by atoms with Gasteiger partial charge in [-0.1, -0.05) is 26.0 Å². The second-order valence-corrected chi connectivity index (χ2v) is 4.96. The summed E-state index contributed by atoms with van der Waals surface area (Å²) in [6.07, 6.45) is 0.986. The summed E-state index contributed by atoms with van der Waals surface area (Å²) in [5.74, 6) is 5.51. The van der Waals surface area contributed by atoms with Crippen LogP contribution in [0.3, 0.4) is 0 Å². The van der Waals surface area contributed by atoms with Crippen molar-refractivity contribution in [3.8, 4) is 0 Å². The summed E-state index contributed by atoms with van der Waals surface area (Å²) in [5, 5.41) is 0. The predicted octanol–water partition coefficient (Wildman–Crippen LogP) is 2.17. The number of hydrogen-bond donors (Lipinski definition) is 2. The number of hydrazine groups is 1. The Hall–Kier alpha value is -1.59. The maximum Gasteiger partial charge on any atom is 0.255 e. The highest BCUT2D eigenvalue weighted by molar-refractivity contribution is 5.99. The maximum atomic E-state index is 12.6. The van der Waals surface area contributed by atoms with Crippen molar-refractivity contribution in [1.82, 2.24) is 9.80 Å². The quantitative estimate of drug-likeness (QED) is 0.541. The minimum absolute atomic E-state index is 0.0330. The van der Waals surface area contributed by atoms with E-state index >= 15 is 0 Å². The molecule has 0 saturated heterocycles. The first kappa shape index (κ1) is 17.5. The van der Waals surface area contributed by atoms with Crippen molar-refractivity contribution in [1.29, 1.82) is 0 Å². The Morgan fingerprint density at radius 2 is 1.76 bits per heavy atom. The van der Waals surface area contributed by atoms with Gasteiger partial charge in [-0.25, -0.2) is 0 Å². The Morgan fingerprint density at radius 1 is 1.10 bits per heavy atom. The minimum atomic E-state index is 0.0330. The van der Waals surface area contributed by atoms with E-state index in [1.165, 1.54) is 0 Å². The normalized spacial score (nSPS) is 10.7. The number of carbonyl (C=O) groups is 1. The van der Waals surface area contributed by atoms with Crippen LogP contribution in [0.1, 0.15) is 37.6 Å². The maximum absolute atomic E-state index is 12.6. The molecule has 0 atom stereocenters. The molecule has 0 fully saturated rings. The third kappa shape index (κ3) is 5.02. The molecule has 118 valence electrons. The molecule has 0 bridgehead atoms. The number of anilines is 1. The summed E-state index contributed by atoms with van der Waals surface area (Å²) in [5.41, 5.74) is 3.89. The van der Waals surface area contributed by atoms with E-state index in [-0.39, 0.29) is 5.91 Å². The molecular formula is C16H28N4O. The number of para-hydroxylation sites is 1. The molecule has 0 radical (unpaired) electrons. The average Bonchev–Trinajstić information content (AvgIpc) is 2.54. The summed E-state index contributed by atoms with van der Waals surface area (Å²) in [7, 11) is 0. The number of nitrogen functional groups attached to an aromatic ring is 1. The molecule has 0 aliphatic rings. The highest BCUT2D eigenvalue weighted by Gasteiger charge is 2.16. The minimum Gasteiger partial charge on any atom is -0.339 e. The standard InChI is InChI=1S/C16H28N4O/c1-4-19(5-2)12-9-13-20(6-3)16(21)14-10-7-8-11-15(14)18-17/h7-8,10-11,18H,4-6,9,12-13,17H2,1-3H3. The lowest BCUT2D eigenvalue weighted by atomic mass is 10.1. The molecule has 1 aromatic rings. The van der Waals surface area contributed by atoms with E-state index < -0.39 is 0 Å². The van der Waals surface area contributed by atoms with Gasteiger partial charge >= 0.3 is 0 Å². The van der Waals surface area contributed by atoms with Crippen molar-refractivity contribution < 1.29 is 4.79 Å². The molecular weight excluding hydrogens is 264 g/mol. The molecule has 0 aliphatic carbocycles. The van der Waals surface area contributed by atoms with Gasteiger partial charge in [0.05, 0.1) is 11.3 Å². The summed E-state index contributed by atoms with van der Waals surface area (Å²) in [6, 6.07) is 7.35. The van der Waals surface area contributed by atoms with Gasteiger partial charge in [0.15, 0.2) is 0 Å². The fourth-order valence-corrected chi connectivity index (χ4v) is 2.39. The molecule has 1 aromatic carbocycles. The van der Waals surface area contributed by atoms with E-state index in [0.29, 0.717) is 17.8 Å². The van der Waals surface area contributed by atoms with Crippen molar-refractivity contribution in [3.05, 3.63) is 29.8 Å². The Balaban J connectivity index is 2.65. The van der Waals surface area contributed by atoms with E-state index in [4.69, 9.17) is 5.84 Å². The van der Waals surface area contributed by atoms with Crippen LogP contribution in [-0.2, 0) is 0 Å². The number of carbonyl (C=O) groups excluding carboxylic acids is 1. The van der Waals surface area contributed by atoms with Crippen LogP contribution in [0, 0.1) is 0 Å². The van der Waals surface area contributed by atoms with Crippen molar-refractivity contribution in [2.45, 2.75) is 27.2 Å². The summed E-state index contributed by atoms with van der Waals surface area (Å²) < 4.78 is 0. The molecule has 0 aromatic heterocycles. The second-order valence-electron chi connectivity index (χ2n) is 4.96. The van der Waals surface area contributed by atoms with Gasteiger partial charge in [0.1, 0.15) is 0 Å². The third-order valence-corrected chi connectivity index (χ3v) is 3.78. The van der Waals surface area contributed by atoms with Crippen LogP contribution in [0.5, 0.6) is 0 Å². The van der Waals surface area contributed by atoms with Crippen molar-refractivity contribution >= 4 is 11.6 Å². The molecule has 21 heavy (non-hydrogen) atoms. The van der Waals surface area contributed by atoms with Crippen LogP contribution >= 0.6 is 0 Å². The molecule has 0 unspecified atom stereocenters. The molecule has 5 nitrogen and oxygen atoms in total. The topological polar surface area (TPSA) is 61.6 Å². The zero-order valence-electron chi connectivity index (χ0n) is 13.4. The number of hydrogen-bond acceptors (Lipinski definition) is 4. The smallest absolute Gasteiger partial charge is 0.255 e. The van der Waals surface area contributed by atoms with Gasteiger partial charge < -0.3 is 15.2 Å². The molecule has 0 saturated carbocycles. The predicted molar refractivity (Wildman–Crippen MR) is 88.2 cm³/mol. The van der Waals surface area contributed by atoms with Gasteiger partial charge in [-0.2, -0.15) is 0 Å². The molecule has 1 rings (SSSR count). The number of amides is 1. The fraction of sp³-hybridized carbons (Fsp3) is 0.562. The first-order valence-corrected chi connectivity index (χ1v) is 7.75. The molecule has 3 N–H and O–H groups in total. The van der Waals surface area contributed by atoms with E-state index in [1.807, 2.05) is 36.1 Å². The van der Waals surface area contributed by atoms with Crippen molar-refractivity contribution in [3.63, 3.8) is 0 Å². The monoisotopic (exact) mass is 292 g/mol. The van der Waals surface area contributed by atoms with Crippen LogP contribution < -0.4 is 11.3 Å². The van der Waals surface area contributed by atoms with Gasteiger partial charge in [-0.05, 0) is 45.1 Å². The zero-order valence-corrected chi connectivity index (χ0v) is 13.4. The van der Waals surface area contributed by atoms with E-state index in [2.05, 4.69) is 24.2 Å². The van der Waals surface area contributed by atoms with Gasteiger partial charge in [-0.15, -0.1) is 0 Å². The first-order chi connectivity index (χ1) is 10.2. The highest BCUT2D eigenvalue weighted by Crippen LogP contribution is 2.16. The first-order valence-electron chi connectivity index (χ1n) is 7.75. The Kier molecular flexibility index (Phi) is 7.79. The number of rotatable bonds is 9. The number of nitrogens with two attached hydrogens (primary N) is 1. The van der Waals surface area contributed by atoms with Crippen LogP contribution in [-0.4, -0.2) is 48.4 Å². The SMILES string of the molecule is CCN(CC)CCCN(CC)C(=O)c1ccccc1NN. The van der Waals surface area contributed by atoms with Gasteiger partial charge in [0.2, 0.25) is 0 Å². The number of nitrogens with zero attached hydrogens (tertiary/aromatic N) is 2. The highest BCUT2D eigenvalue weighted by atomic mass is 16.2. The molecule has 0 aliphatic heterocycles. The summed E-state index contributed by atoms with van der Waals surface area (Å²) in [6.45, 7) is 10.9. The summed E-state index contributed by atoms with van der Waals surface area (Å²) >= 11 is 0. The van der Waals surface area contributed by atoms with E-state index in [1.54, 1.807) is 0 Å².